The number of aromatic nitrogens is 3. The van der Waals surface area contributed by atoms with Crippen molar-refractivity contribution >= 4 is 22.8 Å². The van der Waals surface area contributed by atoms with Crippen LogP contribution in [0.1, 0.15) is 33.5 Å². The minimum absolute atomic E-state index is 0.416. The number of hydrogen-bond acceptors (Lipinski definition) is 3. The van der Waals surface area contributed by atoms with Crippen LogP contribution in [-0.4, -0.2) is 38.1 Å². The highest BCUT2D eigenvalue weighted by Gasteiger charge is 2.16. The summed E-state index contributed by atoms with van der Waals surface area (Å²) in [5.41, 5.74) is 1.85. The van der Waals surface area contributed by atoms with E-state index in [-0.39, 0.29) is 0 Å². The third-order valence-corrected chi connectivity index (χ3v) is 3.85. The number of halogens is 1. The predicted molar refractivity (Wildman–Crippen MR) is 84.1 cm³/mol. The summed E-state index contributed by atoms with van der Waals surface area (Å²) < 4.78 is 2.14. The van der Waals surface area contributed by atoms with Crippen molar-refractivity contribution in [3.63, 3.8) is 0 Å². The van der Waals surface area contributed by atoms with E-state index < -0.39 is 0 Å². The predicted octanol–water partition coefficient (Wildman–Crippen LogP) is 3.29. The third kappa shape index (κ3) is 3.13. The van der Waals surface area contributed by atoms with Gasteiger partial charge in [0.2, 0.25) is 0 Å². The van der Waals surface area contributed by atoms with Crippen molar-refractivity contribution in [1.82, 2.24) is 19.4 Å². The van der Waals surface area contributed by atoms with Gasteiger partial charge in [0.05, 0.1) is 5.88 Å². The van der Waals surface area contributed by atoms with Crippen molar-refractivity contribution in [2.45, 2.75) is 52.2 Å². The Morgan fingerprint density at radius 3 is 2.55 bits per heavy atom. The highest BCUT2D eigenvalue weighted by Crippen LogP contribution is 2.16. The first kappa shape index (κ1) is 15.3. The van der Waals surface area contributed by atoms with Gasteiger partial charge in [-0.05, 0) is 39.8 Å². The second kappa shape index (κ2) is 6.55. The van der Waals surface area contributed by atoms with Gasteiger partial charge >= 0.3 is 0 Å². The molecule has 5 heteroatoms. The maximum Gasteiger partial charge on any atom is 0.160 e. The SMILES string of the molecule is CC(C)N(CCn1c(CCl)nc2cccnc21)C(C)C. The van der Waals surface area contributed by atoms with Crippen molar-refractivity contribution in [1.29, 1.82) is 0 Å². The second-order valence-corrected chi connectivity index (χ2v) is 5.85. The molecule has 0 amide bonds. The molecular formula is C15H23ClN4. The van der Waals surface area contributed by atoms with Gasteiger partial charge in [0.1, 0.15) is 11.3 Å². The van der Waals surface area contributed by atoms with Crippen molar-refractivity contribution in [3.05, 3.63) is 24.2 Å². The highest BCUT2D eigenvalue weighted by atomic mass is 35.5. The first-order valence-corrected chi connectivity index (χ1v) is 7.70. The van der Waals surface area contributed by atoms with Crippen LogP contribution in [-0.2, 0) is 12.4 Å². The number of hydrogen-bond donors (Lipinski definition) is 0. The molecule has 0 bridgehead atoms. The van der Waals surface area contributed by atoms with E-state index in [0.29, 0.717) is 18.0 Å². The van der Waals surface area contributed by atoms with E-state index in [4.69, 9.17) is 11.6 Å². The summed E-state index contributed by atoms with van der Waals surface area (Å²) in [6.45, 7) is 10.8. The molecule has 0 saturated carbocycles. The van der Waals surface area contributed by atoms with E-state index in [1.807, 2.05) is 12.1 Å². The molecule has 0 aliphatic rings. The van der Waals surface area contributed by atoms with Crippen LogP contribution in [0.3, 0.4) is 0 Å². The molecule has 0 radical (unpaired) electrons. The van der Waals surface area contributed by atoms with Gasteiger partial charge in [-0.2, -0.15) is 0 Å². The van der Waals surface area contributed by atoms with Crippen LogP contribution in [0.5, 0.6) is 0 Å². The van der Waals surface area contributed by atoms with Gasteiger partial charge in [-0.15, -0.1) is 11.6 Å². The monoisotopic (exact) mass is 294 g/mol. The molecule has 2 aromatic heterocycles. The Bertz CT molecular complexity index is 554. The quantitative estimate of drug-likeness (QED) is 0.767. The second-order valence-electron chi connectivity index (χ2n) is 5.58. The van der Waals surface area contributed by atoms with Gasteiger partial charge in [-0.3, -0.25) is 4.90 Å². The molecule has 0 aliphatic heterocycles. The van der Waals surface area contributed by atoms with Crippen LogP contribution in [0, 0.1) is 0 Å². The lowest BCUT2D eigenvalue weighted by atomic mass is 10.2. The van der Waals surface area contributed by atoms with E-state index in [1.165, 1.54) is 0 Å². The van der Waals surface area contributed by atoms with Crippen LogP contribution >= 0.6 is 11.6 Å². The van der Waals surface area contributed by atoms with Gasteiger partial charge in [-0.25, -0.2) is 9.97 Å². The molecule has 2 aromatic rings. The lowest BCUT2D eigenvalue weighted by Crippen LogP contribution is -2.39. The van der Waals surface area contributed by atoms with E-state index in [2.05, 4.69) is 47.1 Å². The van der Waals surface area contributed by atoms with Crippen molar-refractivity contribution < 1.29 is 0 Å². The van der Waals surface area contributed by atoms with Crippen LogP contribution in [0.4, 0.5) is 0 Å². The van der Waals surface area contributed by atoms with Gasteiger partial charge in [0.25, 0.3) is 0 Å². The number of rotatable bonds is 6. The normalized spacial score (nSPS) is 12.2. The zero-order chi connectivity index (χ0) is 14.7. The lowest BCUT2D eigenvalue weighted by molar-refractivity contribution is 0.168. The first-order chi connectivity index (χ1) is 9.54. The summed E-state index contributed by atoms with van der Waals surface area (Å²) in [4.78, 5) is 11.5. The molecule has 110 valence electrons. The Morgan fingerprint density at radius 2 is 1.95 bits per heavy atom. The van der Waals surface area contributed by atoms with Crippen LogP contribution in [0.15, 0.2) is 18.3 Å². The van der Waals surface area contributed by atoms with Crippen molar-refractivity contribution in [2.75, 3.05) is 6.54 Å². The molecular weight excluding hydrogens is 272 g/mol. The Morgan fingerprint density at radius 1 is 1.25 bits per heavy atom. The summed E-state index contributed by atoms with van der Waals surface area (Å²) in [5.74, 6) is 1.31. The van der Waals surface area contributed by atoms with Gasteiger partial charge in [-0.1, -0.05) is 0 Å². The van der Waals surface area contributed by atoms with Gasteiger partial charge in [0.15, 0.2) is 5.65 Å². The molecule has 0 aliphatic carbocycles. The largest absolute Gasteiger partial charge is 0.310 e. The van der Waals surface area contributed by atoms with E-state index in [1.54, 1.807) is 6.20 Å². The zero-order valence-electron chi connectivity index (χ0n) is 12.7. The fraction of sp³-hybridized carbons (Fsp3) is 0.600. The topological polar surface area (TPSA) is 34.0 Å². The number of nitrogens with zero attached hydrogens (tertiary/aromatic N) is 4. The minimum atomic E-state index is 0.416. The summed E-state index contributed by atoms with van der Waals surface area (Å²) in [7, 11) is 0. The Kier molecular flexibility index (Phi) is 5.00. The molecule has 0 fully saturated rings. The van der Waals surface area contributed by atoms with Crippen LogP contribution in [0.2, 0.25) is 0 Å². The molecule has 4 nitrogen and oxygen atoms in total. The Balaban J connectivity index is 2.24. The van der Waals surface area contributed by atoms with E-state index >= 15 is 0 Å². The molecule has 0 spiro atoms. The molecule has 0 atom stereocenters. The number of fused-ring (bicyclic) bond motifs is 1. The zero-order valence-corrected chi connectivity index (χ0v) is 13.4. The molecule has 0 N–H and O–H groups in total. The van der Waals surface area contributed by atoms with Gasteiger partial charge in [0, 0.05) is 31.4 Å². The Hall–Kier alpha value is -1.13. The smallest absolute Gasteiger partial charge is 0.160 e. The molecule has 0 saturated heterocycles. The summed E-state index contributed by atoms with van der Waals surface area (Å²) in [6, 6.07) is 4.94. The maximum absolute atomic E-state index is 6.02. The molecule has 2 heterocycles. The fourth-order valence-electron chi connectivity index (χ4n) is 2.67. The molecule has 0 unspecified atom stereocenters. The van der Waals surface area contributed by atoms with Crippen LogP contribution in [0.25, 0.3) is 11.2 Å². The number of pyridine rings is 1. The summed E-state index contributed by atoms with van der Waals surface area (Å²) >= 11 is 6.02. The lowest BCUT2D eigenvalue weighted by Gasteiger charge is -2.30. The molecule has 20 heavy (non-hydrogen) atoms. The minimum Gasteiger partial charge on any atom is -0.310 e. The fourth-order valence-corrected chi connectivity index (χ4v) is 2.87. The average Bonchev–Trinajstić information content (AvgIpc) is 2.76. The highest BCUT2D eigenvalue weighted by molar-refractivity contribution is 6.16. The summed E-state index contributed by atoms with van der Waals surface area (Å²) in [6.07, 6.45) is 1.81. The van der Waals surface area contributed by atoms with Crippen LogP contribution < -0.4 is 0 Å². The maximum atomic E-state index is 6.02. The third-order valence-electron chi connectivity index (χ3n) is 3.61. The number of alkyl halides is 1. The van der Waals surface area contributed by atoms with Gasteiger partial charge < -0.3 is 4.57 Å². The Labute approximate surface area is 125 Å². The van der Waals surface area contributed by atoms with E-state index in [9.17, 15) is 0 Å². The van der Waals surface area contributed by atoms with E-state index in [0.717, 1.165) is 30.1 Å². The summed E-state index contributed by atoms with van der Waals surface area (Å²) in [5, 5.41) is 0. The standard InChI is InChI=1S/C15H23ClN4/c1-11(2)19(12(3)4)8-9-20-14(10-16)18-13-6-5-7-17-15(13)20/h5-7,11-12H,8-10H2,1-4H3. The molecule has 2 rings (SSSR count). The van der Waals surface area contributed by atoms with Crippen molar-refractivity contribution in [2.24, 2.45) is 0 Å². The molecule has 0 aromatic carbocycles. The first-order valence-electron chi connectivity index (χ1n) is 7.16. The van der Waals surface area contributed by atoms with Crippen molar-refractivity contribution in [3.8, 4) is 0 Å². The average molecular weight is 295 g/mol. The number of imidazole rings is 1.